The van der Waals surface area contributed by atoms with Gasteiger partial charge in [-0.15, -0.1) is 0 Å². The van der Waals surface area contributed by atoms with E-state index in [1.807, 2.05) is 42.0 Å². The van der Waals surface area contributed by atoms with Crippen LogP contribution >= 0.6 is 0 Å². The van der Waals surface area contributed by atoms with Crippen LogP contribution in [0.1, 0.15) is 13.3 Å². The SMILES string of the molecule is COc1ccc2c(ccn2CC(=O)NCC(C)CCO)c1. The summed E-state index contributed by atoms with van der Waals surface area (Å²) in [6.45, 7) is 3.04. The summed E-state index contributed by atoms with van der Waals surface area (Å²) in [5.41, 5.74) is 1.01. The summed E-state index contributed by atoms with van der Waals surface area (Å²) < 4.78 is 7.11. The third-order valence-electron chi connectivity index (χ3n) is 3.56. The van der Waals surface area contributed by atoms with E-state index in [1.54, 1.807) is 7.11 Å². The zero-order valence-electron chi connectivity index (χ0n) is 12.5. The summed E-state index contributed by atoms with van der Waals surface area (Å²) in [6, 6.07) is 7.77. The number of amides is 1. The molecule has 5 nitrogen and oxygen atoms in total. The number of ether oxygens (including phenoxy) is 1. The van der Waals surface area contributed by atoms with E-state index in [2.05, 4.69) is 5.32 Å². The van der Waals surface area contributed by atoms with Gasteiger partial charge < -0.3 is 19.7 Å². The lowest BCUT2D eigenvalue weighted by Gasteiger charge is -2.12. The fourth-order valence-electron chi connectivity index (χ4n) is 2.26. The quantitative estimate of drug-likeness (QED) is 0.817. The van der Waals surface area contributed by atoms with Crippen LogP contribution in [-0.2, 0) is 11.3 Å². The van der Waals surface area contributed by atoms with E-state index in [0.717, 1.165) is 16.7 Å². The predicted molar refractivity (Wildman–Crippen MR) is 82.4 cm³/mol. The van der Waals surface area contributed by atoms with Crippen LogP contribution in [0.15, 0.2) is 30.5 Å². The molecule has 2 aromatic rings. The molecule has 1 amide bonds. The largest absolute Gasteiger partial charge is 0.497 e. The molecule has 1 unspecified atom stereocenters. The lowest BCUT2D eigenvalue weighted by atomic mass is 10.1. The van der Waals surface area contributed by atoms with Crippen LogP contribution in [0.3, 0.4) is 0 Å². The Balaban J connectivity index is 1.98. The maximum Gasteiger partial charge on any atom is 0.239 e. The molecule has 0 fully saturated rings. The average molecular weight is 290 g/mol. The molecule has 1 aromatic heterocycles. The van der Waals surface area contributed by atoms with Crippen molar-refractivity contribution in [3.05, 3.63) is 30.5 Å². The van der Waals surface area contributed by atoms with Gasteiger partial charge in [-0.2, -0.15) is 0 Å². The second-order valence-corrected chi connectivity index (χ2v) is 5.29. The highest BCUT2D eigenvalue weighted by atomic mass is 16.5. The number of nitrogens with zero attached hydrogens (tertiary/aromatic N) is 1. The minimum atomic E-state index is -0.0203. The van der Waals surface area contributed by atoms with Crippen LogP contribution in [0.4, 0.5) is 0 Å². The maximum atomic E-state index is 12.0. The first kappa shape index (κ1) is 15.4. The fraction of sp³-hybridized carbons (Fsp3) is 0.438. The molecule has 1 aromatic carbocycles. The van der Waals surface area contributed by atoms with Crippen molar-refractivity contribution in [2.45, 2.75) is 19.9 Å². The van der Waals surface area contributed by atoms with Gasteiger partial charge in [0.1, 0.15) is 12.3 Å². The van der Waals surface area contributed by atoms with Crippen molar-refractivity contribution in [3.8, 4) is 5.75 Å². The first-order chi connectivity index (χ1) is 10.1. The van der Waals surface area contributed by atoms with Crippen molar-refractivity contribution in [2.75, 3.05) is 20.3 Å². The molecule has 0 saturated heterocycles. The summed E-state index contributed by atoms with van der Waals surface area (Å²) >= 11 is 0. The van der Waals surface area contributed by atoms with Gasteiger partial charge in [0.05, 0.1) is 7.11 Å². The van der Waals surface area contributed by atoms with Crippen molar-refractivity contribution < 1.29 is 14.6 Å². The number of nitrogens with one attached hydrogen (secondary N) is 1. The van der Waals surface area contributed by atoms with Gasteiger partial charge in [-0.05, 0) is 36.6 Å². The summed E-state index contributed by atoms with van der Waals surface area (Å²) in [5, 5.41) is 12.8. The molecule has 1 atom stereocenters. The van der Waals surface area contributed by atoms with Crippen LogP contribution in [0.2, 0.25) is 0 Å². The third kappa shape index (κ3) is 3.98. The third-order valence-corrected chi connectivity index (χ3v) is 3.56. The number of methoxy groups -OCH3 is 1. The molecule has 2 N–H and O–H groups in total. The number of rotatable bonds is 7. The predicted octanol–water partition coefficient (Wildman–Crippen LogP) is 1.78. The van der Waals surface area contributed by atoms with Crippen LogP contribution in [0, 0.1) is 5.92 Å². The Labute approximate surface area is 124 Å². The van der Waals surface area contributed by atoms with Gasteiger partial charge in [-0.3, -0.25) is 4.79 Å². The molecule has 0 bridgehead atoms. The minimum absolute atomic E-state index is 0.0203. The average Bonchev–Trinajstić information content (AvgIpc) is 2.87. The Morgan fingerprint density at radius 3 is 2.95 bits per heavy atom. The molecule has 21 heavy (non-hydrogen) atoms. The van der Waals surface area contributed by atoms with Gasteiger partial charge in [0, 0.05) is 30.3 Å². The lowest BCUT2D eigenvalue weighted by molar-refractivity contribution is -0.121. The standard InChI is InChI=1S/C16H22N2O3/c1-12(6-8-19)10-17-16(20)11-18-7-5-13-9-14(21-2)3-4-15(13)18/h3-5,7,9,12,19H,6,8,10-11H2,1-2H3,(H,17,20). The number of aliphatic hydroxyl groups is 1. The fourth-order valence-corrected chi connectivity index (χ4v) is 2.26. The topological polar surface area (TPSA) is 63.5 Å². The lowest BCUT2D eigenvalue weighted by Crippen LogP contribution is -2.31. The van der Waals surface area contributed by atoms with E-state index in [0.29, 0.717) is 19.5 Å². The number of benzene rings is 1. The summed E-state index contributed by atoms with van der Waals surface area (Å²) in [7, 11) is 1.64. The second-order valence-electron chi connectivity index (χ2n) is 5.29. The van der Waals surface area contributed by atoms with E-state index in [4.69, 9.17) is 9.84 Å². The zero-order valence-corrected chi connectivity index (χ0v) is 12.5. The molecule has 5 heteroatoms. The monoisotopic (exact) mass is 290 g/mol. The molecule has 0 radical (unpaired) electrons. The Hall–Kier alpha value is -2.01. The first-order valence-electron chi connectivity index (χ1n) is 7.14. The van der Waals surface area contributed by atoms with Crippen molar-refractivity contribution in [1.82, 2.24) is 9.88 Å². The number of hydrogen-bond acceptors (Lipinski definition) is 3. The van der Waals surface area contributed by atoms with Gasteiger partial charge >= 0.3 is 0 Å². The highest BCUT2D eigenvalue weighted by molar-refractivity contribution is 5.84. The number of carbonyl (C=O) groups excluding carboxylic acids is 1. The van der Waals surface area contributed by atoms with Gasteiger partial charge in [-0.25, -0.2) is 0 Å². The van der Waals surface area contributed by atoms with Gasteiger partial charge in [-0.1, -0.05) is 6.92 Å². The van der Waals surface area contributed by atoms with Crippen molar-refractivity contribution in [3.63, 3.8) is 0 Å². The van der Waals surface area contributed by atoms with Crippen LogP contribution < -0.4 is 10.1 Å². The number of carbonyl (C=O) groups is 1. The number of fused-ring (bicyclic) bond motifs is 1. The van der Waals surface area contributed by atoms with Crippen molar-refractivity contribution in [2.24, 2.45) is 5.92 Å². The normalized spacial score (nSPS) is 12.3. The first-order valence-corrected chi connectivity index (χ1v) is 7.14. The highest BCUT2D eigenvalue weighted by Gasteiger charge is 2.08. The maximum absolute atomic E-state index is 12.0. The molecule has 0 spiro atoms. The van der Waals surface area contributed by atoms with E-state index >= 15 is 0 Å². The van der Waals surface area contributed by atoms with Crippen LogP contribution in [-0.4, -0.2) is 35.8 Å². The molecule has 114 valence electrons. The van der Waals surface area contributed by atoms with E-state index in [9.17, 15) is 4.79 Å². The van der Waals surface area contributed by atoms with E-state index < -0.39 is 0 Å². The van der Waals surface area contributed by atoms with Crippen LogP contribution in [0.25, 0.3) is 10.9 Å². The van der Waals surface area contributed by atoms with Gasteiger partial charge in [0.25, 0.3) is 0 Å². The Morgan fingerprint density at radius 1 is 1.43 bits per heavy atom. The Morgan fingerprint density at radius 2 is 2.24 bits per heavy atom. The summed E-state index contributed by atoms with van der Waals surface area (Å²) in [5.74, 6) is 1.07. The van der Waals surface area contributed by atoms with Gasteiger partial charge in [0.2, 0.25) is 5.91 Å². The molecule has 2 rings (SSSR count). The number of aromatic nitrogens is 1. The molecular formula is C16H22N2O3. The smallest absolute Gasteiger partial charge is 0.239 e. The molecular weight excluding hydrogens is 268 g/mol. The van der Waals surface area contributed by atoms with E-state index in [1.165, 1.54) is 0 Å². The van der Waals surface area contributed by atoms with Gasteiger partial charge in [0.15, 0.2) is 0 Å². The second kappa shape index (κ2) is 7.13. The molecule has 0 aliphatic heterocycles. The number of aliphatic hydroxyl groups excluding tert-OH is 1. The van der Waals surface area contributed by atoms with Crippen molar-refractivity contribution >= 4 is 16.8 Å². The molecule has 0 aliphatic carbocycles. The van der Waals surface area contributed by atoms with Crippen molar-refractivity contribution in [1.29, 1.82) is 0 Å². The zero-order chi connectivity index (χ0) is 15.2. The summed E-state index contributed by atoms with van der Waals surface area (Å²) in [4.78, 5) is 12.0. The Kier molecular flexibility index (Phi) is 5.22. The molecule has 0 aliphatic rings. The summed E-state index contributed by atoms with van der Waals surface area (Å²) in [6.07, 6.45) is 2.60. The molecule has 1 heterocycles. The highest BCUT2D eigenvalue weighted by Crippen LogP contribution is 2.21. The minimum Gasteiger partial charge on any atom is -0.497 e. The molecule has 0 saturated carbocycles. The van der Waals surface area contributed by atoms with Crippen LogP contribution in [0.5, 0.6) is 5.75 Å². The van der Waals surface area contributed by atoms with E-state index in [-0.39, 0.29) is 18.4 Å². The number of hydrogen-bond donors (Lipinski definition) is 2. The Bertz CT molecular complexity index is 607.